The second-order valence-corrected chi connectivity index (χ2v) is 5.17. The molecule has 0 aromatic heterocycles. The first kappa shape index (κ1) is 16.6. The van der Waals surface area contributed by atoms with Gasteiger partial charge in [0.1, 0.15) is 5.75 Å². The summed E-state index contributed by atoms with van der Waals surface area (Å²) in [6.45, 7) is 5.45. The van der Waals surface area contributed by atoms with Crippen molar-refractivity contribution in [3.05, 3.63) is 33.9 Å². The molecule has 0 atom stereocenters. The summed E-state index contributed by atoms with van der Waals surface area (Å²) < 4.78 is 5.25. The molecule has 114 valence electrons. The van der Waals surface area contributed by atoms with Gasteiger partial charge in [0.05, 0.1) is 10.5 Å². The monoisotopic (exact) mass is 294 g/mol. The maximum atomic E-state index is 11.7. The summed E-state index contributed by atoms with van der Waals surface area (Å²) in [4.78, 5) is 32.7. The molecule has 0 saturated heterocycles. The van der Waals surface area contributed by atoms with Crippen LogP contribution in [0.4, 0.5) is 5.69 Å². The highest BCUT2D eigenvalue weighted by Crippen LogP contribution is 2.22. The Morgan fingerprint density at radius 3 is 2.67 bits per heavy atom. The van der Waals surface area contributed by atoms with Gasteiger partial charge in [-0.05, 0) is 26.3 Å². The average Bonchev–Trinajstić information content (AvgIpc) is 2.44. The van der Waals surface area contributed by atoms with Gasteiger partial charge in [-0.1, -0.05) is 6.92 Å². The molecule has 0 saturated carbocycles. The van der Waals surface area contributed by atoms with E-state index in [1.807, 2.05) is 20.8 Å². The number of non-ortho nitro benzene ring substituents is 1. The van der Waals surface area contributed by atoms with Gasteiger partial charge >= 0.3 is 0 Å². The van der Waals surface area contributed by atoms with Crippen LogP contribution in [0.25, 0.3) is 0 Å². The van der Waals surface area contributed by atoms with E-state index in [9.17, 15) is 19.7 Å². The summed E-state index contributed by atoms with van der Waals surface area (Å²) in [6, 6.07) is 3.63. The smallest absolute Gasteiger partial charge is 0.270 e. The highest BCUT2D eigenvalue weighted by molar-refractivity contribution is 5.82. The number of carbonyl (C=O) groups is 2. The highest BCUT2D eigenvalue weighted by atomic mass is 16.6. The first-order valence-corrected chi connectivity index (χ1v) is 6.46. The van der Waals surface area contributed by atoms with Gasteiger partial charge in [-0.2, -0.15) is 0 Å². The molecular weight excluding hydrogens is 276 g/mol. The Morgan fingerprint density at radius 1 is 1.48 bits per heavy atom. The zero-order chi connectivity index (χ0) is 16.0. The van der Waals surface area contributed by atoms with Gasteiger partial charge in [0.2, 0.25) is 0 Å². The lowest BCUT2D eigenvalue weighted by Crippen LogP contribution is -2.44. The number of carbonyl (C=O) groups excluding carboxylic acids is 2. The minimum Gasteiger partial charge on any atom is -0.483 e. The first-order valence-electron chi connectivity index (χ1n) is 6.46. The van der Waals surface area contributed by atoms with E-state index in [2.05, 4.69) is 5.32 Å². The predicted octanol–water partition coefficient (Wildman–Crippen LogP) is 2.09. The molecule has 0 aliphatic rings. The number of rotatable bonds is 7. The van der Waals surface area contributed by atoms with Crippen molar-refractivity contribution in [3.63, 3.8) is 0 Å². The number of hydrogen-bond acceptors (Lipinski definition) is 5. The third-order valence-electron chi connectivity index (χ3n) is 3.05. The Morgan fingerprint density at radius 2 is 2.14 bits per heavy atom. The lowest BCUT2D eigenvalue weighted by atomic mass is 10.0. The fourth-order valence-corrected chi connectivity index (χ4v) is 1.52. The number of aldehydes is 1. The number of benzene rings is 1. The molecule has 7 heteroatoms. The van der Waals surface area contributed by atoms with Crippen LogP contribution >= 0.6 is 0 Å². The van der Waals surface area contributed by atoms with Crippen molar-refractivity contribution in [2.75, 3.05) is 6.61 Å². The van der Waals surface area contributed by atoms with E-state index in [0.717, 1.165) is 12.5 Å². The van der Waals surface area contributed by atoms with Crippen molar-refractivity contribution in [1.82, 2.24) is 5.32 Å². The fourth-order valence-electron chi connectivity index (χ4n) is 1.52. The molecule has 0 bridgehead atoms. The molecule has 21 heavy (non-hydrogen) atoms. The molecule has 1 N–H and O–H groups in total. The zero-order valence-corrected chi connectivity index (χ0v) is 12.2. The van der Waals surface area contributed by atoms with Gasteiger partial charge in [-0.3, -0.25) is 19.7 Å². The van der Waals surface area contributed by atoms with Crippen LogP contribution in [-0.4, -0.2) is 29.3 Å². The summed E-state index contributed by atoms with van der Waals surface area (Å²) in [5.74, 6) is -0.183. The molecule has 1 aromatic carbocycles. The molecule has 0 spiro atoms. The quantitative estimate of drug-likeness (QED) is 0.471. The lowest BCUT2D eigenvalue weighted by Gasteiger charge is -2.24. The van der Waals surface area contributed by atoms with Crippen molar-refractivity contribution in [2.24, 2.45) is 0 Å². The van der Waals surface area contributed by atoms with Crippen molar-refractivity contribution >= 4 is 17.9 Å². The second kappa shape index (κ2) is 6.83. The van der Waals surface area contributed by atoms with E-state index in [0.29, 0.717) is 6.29 Å². The Bertz CT molecular complexity index is 554. The predicted molar refractivity (Wildman–Crippen MR) is 76.5 cm³/mol. The number of amides is 1. The van der Waals surface area contributed by atoms with Crippen LogP contribution < -0.4 is 10.1 Å². The molecular formula is C14H18N2O5. The summed E-state index contributed by atoms with van der Waals surface area (Å²) >= 11 is 0. The number of ether oxygens (including phenoxy) is 1. The van der Waals surface area contributed by atoms with Gasteiger partial charge in [-0.15, -0.1) is 0 Å². The third kappa shape index (κ3) is 4.87. The lowest BCUT2D eigenvalue weighted by molar-refractivity contribution is -0.384. The van der Waals surface area contributed by atoms with Crippen molar-refractivity contribution in [1.29, 1.82) is 0 Å². The van der Waals surface area contributed by atoms with E-state index in [4.69, 9.17) is 4.74 Å². The molecule has 0 radical (unpaired) electrons. The van der Waals surface area contributed by atoms with Gasteiger partial charge in [0, 0.05) is 17.7 Å². The molecule has 1 rings (SSSR count). The Kier molecular flexibility index (Phi) is 5.40. The third-order valence-corrected chi connectivity index (χ3v) is 3.05. The summed E-state index contributed by atoms with van der Waals surface area (Å²) in [7, 11) is 0. The van der Waals surface area contributed by atoms with Crippen LogP contribution in [0.2, 0.25) is 0 Å². The van der Waals surface area contributed by atoms with Crippen LogP contribution in [0.3, 0.4) is 0 Å². The highest BCUT2D eigenvalue weighted by Gasteiger charge is 2.18. The largest absolute Gasteiger partial charge is 0.483 e. The topological polar surface area (TPSA) is 98.5 Å². The summed E-state index contributed by atoms with van der Waals surface area (Å²) in [6.07, 6.45) is 1.21. The number of nitro benzene ring substituents is 1. The van der Waals surface area contributed by atoms with Crippen molar-refractivity contribution < 1.29 is 19.2 Å². The van der Waals surface area contributed by atoms with Crippen LogP contribution in [-0.2, 0) is 4.79 Å². The van der Waals surface area contributed by atoms with Gasteiger partial charge in [0.15, 0.2) is 12.9 Å². The molecule has 0 heterocycles. The van der Waals surface area contributed by atoms with Crippen LogP contribution in [0.1, 0.15) is 37.6 Å². The van der Waals surface area contributed by atoms with Crippen molar-refractivity contribution in [3.8, 4) is 5.75 Å². The van der Waals surface area contributed by atoms with Crippen LogP contribution in [0.15, 0.2) is 18.2 Å². The van der Waals surface area contributed by atoms with Crippen LogP contribution in [0, 0.1) is 10.1 Å². The van der Waals surface area contributed by atoms with Crippen LogP contribution in [0.5, 0.6) is 5.75 Å². The SMILES string of the molecule is CCC(C)(C)NC(=O)COc1ccc([N+](=O)[O-])cc1C=O. The molecule has 0 fully saturated rings. The average molecular weight is 294 g/mol. The maximum absolute atomic E-state index is 11.7. The Labute approximate surface area is 122 Å². The van der Waals surface area contributed by atoms with E-state index < -0.39 is 4.92 Å². The standard InChI is InChI=1S/C14H18N2O5/c1-4-14(2,3)15-13(18)9-21-12-6-5-11(16(19)20)7-10(12)8-17/h5-8H,4,9H2,1-3H3,(H,15,18). The molecule has 1 aromatic rings. The van der Waals surface area contributed by atoms with E-state index in [1.54, 1.807) is 0 Å². The minimum absolute atomic E-state index is 0.0340. The maximum Gasteiger partial charge on any atom is 0.270 e. The van der Waals surface area contributed by atoms with Crippen molar-refractivity contribution in [2.45, 2.75) is 32.7 Å². The molecule has 0 aliphatic carbocycles. The molecule has 1 amide bonds. The minimum atomic E-state index is -0.604. The summed E-state index contributed by atoms with van der Waals surface area (Å²) in [5, 5.41) is 13.4. The van der Waals surface area contributed by atoms with E-state index in [-0.39, 0.29) is 35.1 Å². The molecule has 0 unspecified atom stereocenters. The van der Waals surface area contributed by atoms with Gasteiger partial charge in [0.25, 0.3) is 11.6 Å². The number of nitrogens with one attached hydrogen (secondary N) is 1. The van der Waals surface area contributed by atoms with E-state index >= 15 is 0 Å². The Hall–Kier alpha value is -2.44. The van der Waals surface area contributed by atoms with Gasteiger partial charge < -0.3 is 10.1 Å². The normalized spacial score (nSPS) is 10.8. The van der Waals surface area contributed by atoms with E-state index in [1.165, 1.54) is 12.1 Å². The summed E-state index contributed by atoms with van der Waals surface area (Å²) in [5.41, 5.74) is -0.517. The molecule has 0 aliphatic heterocycles. The number of nitrogens with zero attached hydrogens (tertiary/aromatic N) is 1. The number of hydrogen-bond donors (Lipinski definition) is 1. The van der Waals surface area contributed by atoms with Gasteiger partial charge in [-0.25, -0.2) is 0 Å². The number of nitro groups is 1. The second-order valence-electron chi connectivity index (χ2n) is 5.17. The fraction of sp³-hybridized carbons (Fsp3) is 0.429. The first-order chi connectivity index (χ1) is 9.79. The zero-order valence-electron chi connectivity index (χ0n) is 12.2. The molecule has 7 nitrogen and oxygen atoms in total. The Balaban J connectivity index is 2.73.